The summed E-state index contributed by atoms with van der Waals surface area (Å²) in [6, 6.07) is 0. The molecule has 0 aromatic heterocycles. The van der Waals surface area contributed by atoms with E-state index in [9.17, 15) is 0 Å². The van der Waals surface area contributed by atoms with Gasteiger partial charge in [0, 0.05) is 13.2 Å². The number of hydrogen-bond donors (Lipinski definition) is 0. The van der Waals surface area contributed by atoms with Crippen LogP contribution >= 0.6 is 0 Å². The fraction of sp³-hybridized carbons (Fsp3) is 1.00. The lowest BCUT2D eigenvalue weighted by Crippen LogP contribution is -2.31. The van der Waals surface area contributed by atoms with Gasteiger partial charge < -0.3 is 4.74 Å². The largest absolute Gasteiger partial charge is 0.363 e. The van der Waals surface area contributed by atoms with Crippen LogP contribution in [-0.2, 0) is 4.74 Å². The van der Waals surface area contributed by atoms with E-state index in [1.165, 1.54) is 19.4 Å². The van der Waals surface area contributed by atoms with Gasteiger partial charge in [-0.15, -0.1) is 0 Å². The molecule has 0 aromatic rings. The van der Waals surface area contributed by atoms with Gasteiger partial charge in [-0.05, 0) is 26.3 Å². The standard InChI is InChI=1S/C8H17NO/c1-3-9-7-5-6-8(9)10-4-2/h8H,3-7H2,1-2H3. The molecular formula is C8H17NO. The Hall–Kier alpha value is -0.0800. The lowest BCUT2D eigenvalue weighted by molar-refractivity contribution is -0.0267. The van der Waals surface area contributed by atoms with Crippen molar-refractivity contribution >= 4 is 0 Å². The second-order valence-corrected chi connectivity index (χ2v) is 2.68. The Morgan fingerprint density at radius 2 is 2.30 bits per heavy atom. The van der Waals surface area contributed by atoms with Crippen LogP contribution in [0.2, 0.25) is 0 Å². The average Bonchev–Trinajstić information content (AvgIpc) is 2.36. The summed E-state index contributed by atoms with van der Waals surface area (Å²) in [6.45, 7) is 7.45. The van der Waals surface area contributed by atoms with Gasteiger partial charge in [-0.3, -0.25) is 4.90 Å². The van der Waals surface area contributed by atoms with Crippen LogP contribution in [-0.4, -0.2) is 30.8 Å². The lowest BCUT2D eigenvalue weighted by atomic mass is 10.4. The first kappa shape index (κ1) is 8.02. The first-order chi connectivity index (χ1) is 4.88. The minimum absolute atomic E-state index is 0.426. The third kappa shape index (κ3) is 1.70. The Morgan fingerprint density at radius 3 is 2.90 bits per heavy atom. The van der Waals surface area contributed by atoms with Crippen molar-refractivity contribution in [1.82, 2.24) is 4.90 Å². The van der Waals surface area contributed by atoms with E-state index in [2.05, 4.69) is 18.7 Å². The number of hydrogen-bond acceptors (Lipinski definition) is 2. The van der Waals surface area contributed by atoms with Gasteiger partial charge in [0.2, 0.25) is 0 Å². The van der Waals surface area contributed by atoms with E-state index in [0.717, 1.165) is 13.2 Å². The molecular weight excluding hydrogens is 126 g/mol. The maximum absolute atomic E-state index is 5.53. The molecule has 2 heteroatoms. The van der Waals surface area contributed by atoms with Crippen molar-refractivity contribution in [2.45, 2.75) is 32.9 Å². The van der Waals surface area contributed by atoms with Crippen molar-refractivity contribution in [3.8, 4) is 0 Å². The molecule has 1 atom stereocenters. The lowest BCUT2D eigenvalue weighted by Gasteiger charge is -2.21. The first-order valence-corrected chi connectivity index (χ1v) is 4.24. The van der Waals surface area contributed by atoms with Crippen LogP contribution in [0.15, 0.2) is 0 Å². The highest BCUT2D eigenvalue weighted by Gasteiger charge is 2.22. The fourth-order valence-electron chi connectivity index (χ4n) is 1.54. The van der Waals surface area contributed by atoms with Gasteiger partial charge in [-0.1, -0.05) is 6.92 Å². The van der Waals surface area contributed by atoms with Gasteiger partial charge in [-0.25, -0.2) is 0 Å². The van der Waals surface area contributed by atoms with Crippen LogP contribution in [0.4, 0.5) is 0 Å². The summed E-state index contributed by atoms with van der Waals surface area (Å²) in [7, 11) is 0. The number of rotatable bonds is 3. The molecule has 2 nitrogen and oxygen atoms in total. The molecule has 1 aliphatic rings. The topological polar surface area (TPSA) is 12.5 Å². The smallest absolute Gasteiger partial charge is 0.110 e. The predicted octanol–water partition coefficient (Wildman–Crippen LogP) is 1.46. The second-order valence-electron chi connectivity index (χ2n) is 2.68. The molecule has 10 heavy (non-hydrogen) atoms. The molecule has 0 aliphatic carbocycles. The van der Waals surface area contributed by atoms with Crippen molar-refractivity contribution < 1.29 is 4.74 Å². The van der Waals surface area contributed by atoms with Crippen LogP contribution in [0.25, 0.3) is 0 Å². The zero-order valence-electron chi connectivity index (χ0n) is 6.97. The van der Waals surface area contributed by atoms with Gasteiger partial charge in [0.05, 0.1) is 0 Å². The molecule has 1 fully saturated rings. The fourth-order valence-corrected chi connectivity index (χ4v) is 1.54. The van der Waals surface area contributed by atoms with Crippen molar-refractivity contribution in [3.05, 3.63) is 0 Å². The molecule has 0 aromatic carbocycles. The highest BCUT2D eigenvalue weighted by atomic mass is 16.5. The Morgan fingerprint density at radius 1 is 1.50 bits per heavy atom. The molecule has 1 heterocycles. The van der Waals surface area contributed by atoms with Crippen LogP contribution in [0.1, 0.15) is 26.7 Å². The van der Waals surface area contributed by atoms with Crippen molar-refractivity contribution in [2.24, 2.45) is 0 Å². The predicted molar refractivity (Wildman–Crippen MR) is 41.9 cm³/mol. The first-order valence-electron chi connectivity index (χ1n) is 4.24. The SMILES string of the molecule is CCOC1CCCN1CC. The monoisotopic (exact) mass is 143 g/mol. The summed E-state index contributed by atoms with van der Waals surface area (Å²) in [4.78, 5) is 2.39. The van der Waals surface area contributed by atoms with Crippen LogP contribution in [0.5, 0.6) is 0 Å². The Labute approximate surface area is 63.2 Å². The molecule has 0 radical (unpaired) electrons. The van der Waals surface area contributed by atoms with Crippen LogP contribution in [0, 0.1) is 0 Å². The normalized spacial score (nSPS) is 27.6. The Bertz CT molecular complexity index is 95.3. The van der Waals surface area contributed by atoms with Crippen molar-refractivity contribution in [3.63, 3.8) is 0 Å². The van der Waals surface area contributed by atoms with E-state index in [0.29, 0.717) is 6.23 Å². The van der Waals surface area contributed by atoms with E-state index in [4.69, 9.17) is 4.74 Å². The summed E-state index contributed by atoms with van der Waals surface area (Å²) >= 11 is 0. The zero-order chi connectivity index (χ0) is 7.40. The van der Waals surface area contributed by atoms with Crippen LogP contribution in [0.3, 0.4) is 0 Å². The third-order valence-electron chi connectivity index (χ3n) is 2.07. The van der Waals surface area contributed by atoms with Gasteiger partial charge in [-0.2, -0.15) is 0 Å². The van der Waals surface area contributed by atoms with Crippen LogP contribution < -0.4 is 0 Å². The minimum Gasteiger partial charge on any atom is -0.363 e. The molecule has 60 valence electrons. The molecule has 0 amide bonds. The van der Waals surface area contributed by atoms with Gasteiger partial charge in [0.25, 0.3) is 0 Å². The maximum atomic E-state index is 5.53. The van der Waals surface area contributed by atoms with E-state index in [-0.39, 0.29) is 0 Å². The number of likely N-dealkylation sites (tertiary alicyclic amines) is 1. The Balaban J connectivity index is 2.27. The number of nitrogens with zero attached hydrogens (tertiary/aromatic N) is 1. The number of ether oxygens (including phenoxy) is 1. The summed E-state index contributed by atoms with van der Waals surface area (Å²) in [5, 5.41) is 0. The average molecular weight is 143 g/mol. The molecule has 0 N–H and O–H groups in total. The molecule has 1 saturated heterocycles. The molecule has 1 aliphatic heterocycles. The minimum atomic E-state index is 0.426. The van der Waals surface area contributed by atoms with Gasteiger partial charge in [0.15, 0.2) is 0 Å². The van der Waals surface area contributed by atoms with E-state index in [1.807, 2.05) is 0 Å². The summed E-state index contributed by atoms with van der Waals surface area (Å²) in [5.74, 6) is 0. The quantitative estimate of drug-likeness (QED) is 0.593. The summed E-state index contributed by atoms with van der Waals surface area (Å²) in [5.41, 5.74) is 0. The summed E-state index contributed by atoms with van der Waals surface area (Å²) < 4.78 is 5.53. The molecule has 1 rings (SSSR count). The highest BCUT2D eigenvalue weighted by molar-refractivity contribution is 4.70. The third-order valence-corrected chi connectivity index (χ3v) is 2.07. The van der Waals surface area contributed by atoms with E-state index in [1.54, 1.807) is 0 Å². The maximum Gasteiger partial charge on any atom is 0.110 e. The van der Waals surface area contributed by atoms with Gasteiger partial charge in [0.1, 0.15) is 6.23 Å². The Kier molecular flexibility index (Phi) is 3.16. The van der Waals surface area contributed by atoms with Crippen molar-refractivity contribution in [2.75, 3.05) is 19.7 Å². The van der Waals surface area contributed by atoms with Gasteiger partial charge >= 0.3 is 0 Å². The summed E-state index contributed by atoms with van der Waals surface area (Å²) in [6.07, 6.45) is 2.95. The van der Waals surface area contributed by atoms with Crippen molar-refractivity contribution in [1.29, 1.82) is 0 Å². The molecule has 0 bridgehead atoms. The van der Waals surface area contributed by atoms with E-state index < -0.39 is 0 Å². The molecule has 1 unspecified atom stereocenters. The zero-order valence-corrected chi connectivity index (χ0v) is 6.97. The second kappa shape index (κ2) is 3.94. The molecule has 0 saturated carbocycles. The highest BCUT2D eigenvalue weighted by Crippen LogP contribution is 2.16. The van der Waals surface area contributed by atoms with E-state index >= 15 is 0 Å². The molecule has 0 spiro atoms.